The van der Waals surface area contributed by atoms with Gasteiger partial charge in [0.1, 0.15) is 6.10 Å². The highest BCUT2D eigenvalue weighted by Crippen LogP contribution is 2.30. The Balaban J connectivity index is 2.00. The van der Waals surface area contributed by atoms with E-state index in [0.29, 0.717) is 0 Å². The summed E-state index contributed by atoms with van der Waals surface area (Å²) in [5.74, 6) is -0.239. The summed E-state index contributed by atoms with van der Waals surface area (Å²) in [6, 6.07) is 14.4. The largest absolute Gasteiger partial charge is 0.454 e. The molecule has 2 heteroatoms. The first-order chi connectivity index (χ1) is 8.72. The predicted octanol–water partition coefficient (Wildman–Crippen LogP) is 3.77. The van der Waals surface area contributed by atoms with Crippen LogP contribution in [0.3, 0.4) is 0 Å². The van der Waals surface area contributed by atoms with Crippen molar-refractivity contribution >= 4 is 16.7 Å². The number of rotatable bonds is 1. The van der Waals surface area contributed by atoms with E-state index in [1.165, 1.54) is 10.8 Å². The minimum Gasteiger partial charge on any atom is -0.454 e. The summed E-state index contributed by atoms with van der Waals surface area (Å²) in [6.07, 6.45) is 2.20. The summed E-state index contributed by atoms with van der Waals surface area (Å²) in [5, 5.41) is 2.38. The molecule has 0 fully saturated rings. The molecule has 0 saturated carbocycles. The molecule has 0 bridgehead atoms. The van der Waals surface area contributed by atoms with Gasteiger partial charge in [-0.25, -0.2) is 4.79 Å². The lowest BCUT2D eigenvalue weighted by atomic mass is 9.97. The van der Waals surface area contributed by atoms with Crippen molar-refractivity contribution in [2.45, 2.75) is 19.4 Å². The standard InChI is InChI=1S/C16H14O2/c1-11-8-15(18-16(17)9-11)14-7-6-12-4-2-3-5-13(12)10-14/h2-7,9-10,15H,8H2,1H3/t15-/m0/s1. The van der Waals surface area contributed by atoms with Crippen LogP contribution in [0.5, 0.6) is 0 Å². The molecule has 1 aliphatic heterocycles. The van der Waals surface area contributed by atoms with Gasteiger partial charge < -0.3 is 4.74 Å². The third-order valence-corrected chi connectivity index (χ3v) is 3.28. The van der Waals surface area contributed by atoms with Crippen LogP contribution < -0.4 is 0 Å². The maximum Gasteiger partial charge on any atom is 0.331 e. The number of esters is 1. The molecule has 1 heterocycles. The van der Waals surface area contributed by atoms with Gasteiger partial charge in [0.25, 0.3) is 0 Å². The van der Waals surface area contributed by atoms with Crippen LogP contribution in [0.15, 0.2) is 54.1 Å². The molecule has 0 aromatic heterocycles. The van der Waals surface area contributed by atoms with Crippen LogP contribution in [0.4, 0.5) is 0 Å². The maximum atomic E-state index is 11.4. The van der Waals surface area contributed by atoms with Crippen LogP contribution in [-0.4, -0.2) is 5.97 Å². The topological polar surface area (TPSA) is 26.3 Å². The van der Waals surface area contributed by atoms with E-state index in [1.807, 2.05) is 25.1 Å². The van der Waals surface area contributed by atoms with Crippen molar-refractivity contribution in [3.8, 4) is 0 Å². The third-order valence-electron chi connectivity index (χ3n) is 3.28. The molecule has 1 atom stereocenters. The smallest absolute Gasteiger partial charge is 0.331 e. The van der Waals surface area contributed by atoms with E-state index in [-0.39, 0.29) is 12.1 Å². The SMILES string of the molecule is CC1=CC(=O)O[C@H](c2ccc3ccccc3c2)C1. The van der Waals surface area contributed by atoms with Gasteiger partial charge in [-0.05, 0) is 29.3 Å². The highest BCUT2D eigenvalue weighted by atomic mass is 16.5. The Bertz CT molecular complexity index is 640. The fourth-order valence-corrected chi connectivity index (χ4v) is 2.36. The molecule has 1 aliphatic rings. The highest BCUT2D eigenvalue weighted by Gasteiger charge is 2.21. The zero-order chi connectivity index (χ0) is 12.5. The molecule has 3 rings (SSSR count). The number of cyclic esters (lactones) is 1. The monoisotopic (exact) mass is 238 g/mol. The van der Waals surface area contributed by atoms with Crippen LogP contribution in [0.25, 0.3) is 10.8 Å². The fraction of sp³-hybridized carbons (Fsp3) is 0.188. The minimum atomic E-state index is -0.239. The quantitative estimate of drug-likeness (QED) is 0.707. The summed E-state index contributed by atoms with van der Waals surface area (Å²) in [6.45, 7) is 1.97. The summed E-state index contributed by atoms with van der Waals surface area (Å²) in [4.78, 5) is 11.4. The third kappa shape index (κ3) is 2.02. The second kappa shape index (κ2) is 4.30. The van der Waals surface area contributed by atoms with E-state index < -0.39 is 0 Å². The first-order valence-electron chi connectivity index (χ1n) is 6.09. The van der Waals surface area contributed by atoms with Crippen LogP contribution in [0.1, 0.15) is 25.0 Å². The average molecular weight is 238 g/mol. The van der Waals surface area contributed by atoms with Gasteiger partial charge in [0.15, 0.2) is 0 Å². The molecule has 0 radical (unpaired) electrons. The second-order valence-electron chi connectivity index (χ2n) is 4.73. The number of ether oxygens (including phenoxy) is 1. The van der Waals surface area contributed by atoms with Crippen molar-refractivity contribution in [3.05, 3.63) is 59.7 Å². The summed E-state index contributed by atoms with van der Waals surface area (Å²) in [5.41, 5.74) is 2.14. The molecule has 0 aliphatic carbocycles. The Morgan fingerprint density at radius 2 is 1.89 bits per heavy atom. The van der Waals surface area contributed by atoms with Crippen molar-refractivity contribution < 1.29 is 9.53 Å². The molecule has 0 N–H and O–H groups in total. The van der Waals surface area contributed by atoms with Crippen molar-refractivity contribution in [1.82, 2.24) is 0 Å². The van der Waals surface area contributed by atoms with Gasteiger partial charge in [0.05, 0.1) is 0 Å². The normalized spacial score (nSPS) is 19.5. The molecule has 0 amide bonds. The minimum absolute atomic E-state index is 0.146. The number of hydrogen-bond donors (Lipinski definition) is 0. The number of benzene rings is 2. The Labute approximate surface area is 106 Å². The summed E-state index contributed by atoms with van der Waals surface area (Å²) < 4.78 is 5.38. The average Bonchev–Trinajstić information content (AvgIpc) is 2.37. The first kappa shape index (κ1) is 11.0. The van der Waals surface area contributed by atoms with E-state index in [2.05, 4.69) is 24.3 Å². The van der Waals surface area contributed by atoms with E-state index in [0.717, 1.165) is 17.6 Å². The van der Waals surface area contributed by atoms with E-state index in [1.54, 1.807) is 6.08 Å². The predicted molar refractivity (Wildman–Crippen MR) is 71.2 cm³/mol. The van der Waals surface area contributed by atoms with Gasteiger partial charge in [-0.2, -0.15) is 0 Å². The van der Waals surface area contributed by atoms with Gasteiger partial charge in [-0.1, -0.05) is 42.0 Å². The summed E-state index contributed by atoms with van der Waals surface area (Å²) in [7, 11) is 0. The lowest BCUT2D eigenvalue weighted by Crippen LogP contribution is -2.15. The zero-order valence-electron chi connectivity index (χ0n) is 10.2. The molecule has 2 aromatic carbocycles. The zero-order valence-corrected chi connectivity index (χ0v) is 10.2. The van der Waals surface area contributed by atoms with Crippen LogP contribution in [0.2, 0.25) is 0 Å². The lowest BCUT2D eigenvalue weighted by Gasteiger charge is -2.22. The van der Waals surface area contributed by atoms with Gasteiger partial charge in [-0.3, -0.25) is 0 Å². The van der Waals surface area contributed by atoms with Gasteiger partial charge in [0.2, 0.25) is 0 Å². The molecule has 2 aromatic rings. The van der Waals surface area contributed by atoms with E-state index >= 15 is 0 Å². The number of fused-ring (bicyclic) bond motifs is 1. The van der Waals surface area contributed by atoms with Crippen molar-refractivity contribution in [3.63, 3.8) is 0 Å². The van der Waals surface area contributed by atoms with Crippen LogP contribution in [0, 0.1) is 0 Å². The van der Waals surface area contributed by atoms with E-state index in [9.17, 15) is 4.79 Å². The van der Waals surface area contributed by atoms with Gasteiger partial charge in [-0.15, -0.1) is 0 Å². The molecular formula is C16H14O2. The second-order valence-corrected chi connectivity index (χ2v) is 4.73. The van der Waals surface area contributed by atoms with Crippen LogP contribution in [-0.2, 0) is 9.53 Å². The number of hydrogen-bond acceptors (Lipinski definition) is 2. The number of carbonyl (C=O) groups excluding carboxylic acids is 1. The van der Waals surface area contributed by atoms with Crippen molar-refractivity contribution in [2.75, 3.05) is 0 Å². The molecule has 0 saturated heterocycles. The van der Waals surface area contributed by atoms with Crippen molar-refractivity contribution in [2.24, 2.45) is 0 Å². The van der Waals surface area contributed by atoms with Crippen LogP contribution >= 0.6 is 0 Å². The maximum absolute atomic E-state index is 11.4. The number of carbonyl (C=O) groups is 1. The first-order valence-corrected chi connectivity index (χ1v) is 6.09. The summed E-state index contributed by atoms with van der Waals surface area (Å²) >= 11 is 0. The Morgan fingerprint density at radius 1 is 1.11 bits per heavy atom. The van der Waals surface area contributed by atoms with Gasteiger partial charge in [0, 0.05) is 12.5 Å². The molecule has 0 unspecified atom stereocenters. The Kier molecular flexibility index (Phi) is 2.63. The highest BCUT2D eigenvalue weighted by molar-refractivity contribution is 5.85. The molecular weight excluding hydrogens is 224 g/mol. The van der Waals surface area contributed by atoms with E-state index in [4.69, 9.17) is 4.74 Å². The van der Waals surface area contributed by atoms with Crippen molar-refractivity contribution in [1.29, 1.82) is 0 Å². The molecule has 18 heavy (non-hydrogen) atoms. The molecule has 2 nitrogen and oxygen atoms in total. The fourth-order valence-electron chi connectivity index (χ4n) is 2.36. The Hall–Kier alpha value is -2.09. The Morgan fingerprint density at radius 3 is 2.67 bits per heavy atom. The molecule has 90 valence electrons. The molecule has 0 spiro atoms. The van der Waals surface area contributed by atoms with Gasteiger partial charge >= 0.3 is 5.97 Å². The lowest BCUT2D eigenvalue weighted by molar-refractivity contribution is -0.144.